The van der Waals surface area contributed by atoms with Crippen LogP contribution >= 0.6 is 0 Å². The van der Waals surface area contributed by atoms with E-state index >= 15 is 0 Å². The maximum absolute atomic E-state index is 12.5. The summed E-state index contributed by atoms with van der Waals surface area (Å²) in [7, 11) is 0. The molecule has 1 aliphatic heterocycles. The molecule has 5 nitrogen and oxygen atoms in total. The zero-order valence-electron chi connectivity index (χ0n) is 12.7. The minimum atomic E-state index is -4.35. The zero-order chi connectivity index (χ0) is 16.4. The van der Waals surface area contributed by atoms with E-state index in [-0.39, 0.29) is 0 Å². The predicted molar refractivity (Wildman–Crippen MR) is 78.0 cm³/mol. The van der Waals surface area contributed by atoms with Gasteiger partial charge in [-0.1, -0.05) is 5.16 Å². The Labute approximate surface area is 131 Å². The van der Waals surface area contributed by atoms with Crippen molar-refractivity contribution in [2.45, 2.75) is 19.6 Å². The fourth-order valence-electron chi connectivity index (χ4n) is 2.59. The van der Waals surface area contributed by atoms with Crippen molar-refractivity contribution in [3.63, 3.8) is 0 Å². The lowest BCUT2D eigenvalue weighted by Gasteiger charge is -2.34. The van der Waals surface area contributed by atoms with Crippen molar-refractivity contribution in [2.75, 3.05) is 31.1 Å². The Balaban J connectivity index is 1.56. The van der Waals surface area contributed by atoms with Crippen LogP contribution in [0.15, 0.2) is 28.9 Å². The molecule has 0 saturated carbocycles. The molecule has 0 aliphatic carbocycles. The number of hydrogen-bond donors (Lipinski definition) is 0. The van der Waals surface area contributed by atoms with Crippen molar-refractivity contribution in [2.24, 2.45) is 0 Å². The molecule has 1 saturated heterocycles. The fraction of sp³-hybridized carbons (Fsp3) is 0.467. The summed E-state index contributed by atoms with van der Waals surface area (Å²) in [5, 5.41) is 3.86. The van der Waals surface area contributed by atoms with Crippen LogP contribution in [-0.4, -0.2) is 41.2 Å². The third-order valence-electron chi connectivity index (χ3n) is 3.83. The summed E-state index contributed by atoms with van der Waals surface area (Å²) in [5.74, 6) is 1.40. The number of halogens is 3. The normalized spacial score (nSPS) is 16.8. The van der Waals surface area contributed by atoms with Crippen molar-refractivity contribution in [1.29, 1.82) is 0 Å². The standard InChI is InChI=1S/C15H17F3N4O/c1-11-8-13(23-20-11)10-21-4-6-22(7-5-21)14-3-2-12(9-19-14)15(16,17)18/h2-3,8-9H,4-7,10H2,1H3. The number of alkyl halides is 3. The van der Waals surface area contributed by atoms with E-state index in [1.807, 2.05) is 17.9 Å². The first kappa shape index (κ1) is 15.8. The van der Waals surface area contributed by atoms with Gasteiger partial charge in [0.2, 0.25) is 0 Å². The quantitative estimate of drug-likeness (QED) is 0.868. The first-order valence-corrected chi connectivity index (χ1v) is 7.34. The van der Waals surface area contributed by atoms with Crippen molar-refractivity contribution < 1.29 is 17.7 Å². The Morgan fingerprint density at radius 2 is 1.91 bits per heavy atom. The van der Waals surface area contributed by atoms with Gasteiger partial charge in [-0.2, -0.15) is 13.2 Å². The average molecular weight is 326 g/mol. The second kappa shape index (κ2) is 6.19. The number of pyridine rings is 1. The molecule has 0 spiro atoms. The van der Waals surface area contributed by atoms with E-state index in [9.17, 15) is 13.2 Å². The maximum Gasteiger partial charge on any atom is 0.417 e. The van der Waals surface area contributed by atoms with Crippen molar-refractivity contribution in [3.05, 3.63) is 41.4 Å². The molecule has 0 aromatic carbocycles. The minimum Gasteiger partial charge on any atom is -0.360 e. The lowest BCUT2D eigenvalue weighted by atomic mass is 10.2. The van der Waals surface area contributed by atoms with Crippen LogP contribution in [0.3, 0.4) is 0 Å². The predicted octanol–water partition coefficient (Wildman–Crippen LogP) is 2.72. The lowest BCUT2D eigenvalue weighted by Crippen LogP contribution is -2.46. The summed E-state index contributed by atoms with van der Waals surface area (Å²) in [6, 6.07) is 4.41. The Bertz CT molecular complexity index is 645. The molecule has 124 valence electrons. The van der Waals surface area contributed by atoms with Gasteiger partial charge in [-0.3, -0.25) is 4.90 Å². The Hall–Kier alpha value is -2.09. The van der Waals surface area contributed by atoms with Gasteiger partial charge < -0.3 is 9.42 Å². The number of hydrogen-bond acceptors (Lipinski definition) is 5. The number of rotatable bonds is 3. The topological polar surface area (TPSA) is 45.4 Å². The molecule has 3 heterocycles. The van der Waals surface area contributed by atoms with E-state index < -0.39 is 11.7 Å². The van der Waals surface area contributed by atoms with Gasteiger partial charge in [-0.25, -0.2) is 4.98 Å². The summed E-state index contributed by atoms with van der Waals surface area (Å²) in [5.41, 5.74) is 0.133. The Morgan fingerprint density at radius 3 is 2.43 bits per heavy atom. The number of piperazine rings is 1. The van der Waals surface area contributed by atoms with Gasteiger partial charge in [0.05, 0.1) is 17.8 Å². The van der Waals surface area contributed by atoms with Gasteiger partial charge in [0.1, 0.15) is 5.82 Å². The SMILES string of the molecule is Cc1cc(CN2CCN(c3ccc(C(F)(F)F)cn3)CC2)on1. The number of aromatic nitrogens is 2. The van der Waals surface area contributed by atoms with Gasteiger partial charge in [0.25, 0.3) is 0 Å². The van der Waals surface area contributed by atoms with E-state index in [2.05, 4.69) is 15.0 Å². The van der Waals surface area contributed by atoms with Crippen LogP contribution in [0.1, 0.15) is 17.0 Å². The summed E-state index contributed by atoms with van der Waals surface area (Å²) < 4.78 is 42.8. The molecule has 0 amide bonds. The highest BCUT2D eigenvalue weighted by molar-refractivity contribution is 5.40. The van der Waals surface area contributed by atoms with Gasteiger partial charge in [-0.05, 0) is 19.1 Å². The van der Waals surface area contributed by atoms with E-state index in [0.717, 1.165) is 36.8 Å². The Kier molecular flexibility index (Phi) is 4.25. The molecule has 2 aromatic rings. The van der Waals surface area contributed by atoms with Crippen LogP contribution in [-0.2, 0) is 12.7 Å². The third-order valence-corrected chi connectivity index (χ3v) is 3.83. The summed E-state index contributed by atoms with van der Waals surface area (Å²) >= 11 is 0. The number of anilines is 1. The van der Waals surface area contributed by atoms with Crippen LogP contribution in [0, 0.1) is 6.92 Å². The molecule has 8 heteroatoms. The minimum absolute atomic E-state index is 0.577. The second-order valence-electron chi connectivity index (χ2n) is 5.60. The highest BCUT2D eigenvalue weighted by atomic mass is 19.4. The van der Waals surface area contributed by atoms with Gasteiger partial charge in [0.15, 0.2) is 5.76 Å². The smallest absolute Gasteiger partial charge is 0.360 e. The van der Waals surface area contributed by atoms with Crippen LogP contribution < -0.4 is 4.90 Å². The van der Waals surface area contributed by atoms with Crippen LogP contribution in [0.25, 0.3) is 0 Å². The van der Waals surface area contributed by atoms with Crippen LogP contribution in [0.2, 0.25) is 0 Å². The lowest BCUT2D eigenvalue weighted by molar-refractivity contribution is -0.137. The molecular formula is C15H17F3N4O. The molecule has 3 rings (SSSR count). The zero-order valence-corrected chi connectivity index (χ0v) is 12.7. The fourth-order valence-corrected chi connectivity index (χ4v) is 2.59. The molecule has 23 heavy (non-hydrogen) atoms. The van der Waals surface area contributed by atoms with E-state index in [0.29, 0.717) is 25.5 Å². The number of nitrogens with zero attached hydrogens (tertiary/aromatic N) is 4. The molecule has 1 fully saturated rings. The van der Waals surface area contributed by atoms with Crippen molar-refractivity contribution in [3.8, 4) is 0 Å². The van der Waals surface area contributed by atoms with Gasteiger partial charge in [0, 0.05) is 38.4 Å². The molecule has 2 aromatic heterocycles. The highest BCUT2D eigenvalue weighted by Crippen LogP contribution is 2.29. The molecule has 0 atom stereocenters. The molecule has 1 aliphatic rings. The van der Waals surface area contributed by atoms with Gasteiger partial charge in [-0.15, -0.1) is 0 Å². The molecule has 0 radical (unpaired) electrons. The molecule has 0 bridgehead atoms. The maximum atomic E-state index is 12.5. The average Bonchev–Trinajstić information content (AvgIpc) is 2.92. The highest BCUT2D eigenvalue weighted by Gasteiger charge is 2.31. The van der Waals surface area contributed by atoms with E-state index in [1.54, 1.807) is 0 Å². The molecular weight excluding hydrogens is 309 g/mol. The monoisotopic (exact) mass is 326 g/mol. The first-order valence-electron chi connectivity index (χ1n) is 7.34. The summed E-state index contributed by atoms with van der Waals surface area (Å²) in [4.78, 5) is 8.15. The number of aryl methyl sites for hydroxylation is 1. The summed E-state index contributed by atoms with van der Waals surface area (Å²) in [6.45, 7) is 5.58. The van der Waals surface area contributed by atoms with E-state index in [4.69, 9.17) is 4.52 Å². The van der Waals surface area contributed by atoms with Crippen LogP contribution in [0.4, 0.5) is 19.0 Å². The molecule has 0 unspecified atom stereocenters. The van der Waals surface area contributed by atoms with Gasteiger partial charge >= 0.3 is 6.18 Å². The Morgan fingerprint density at radius 1 is 1.17 bits per heavy atom. The van der Waals surface area contributed by atoms with Crippen molar-refractivity contribution >= 4 is 5.82 Å². The first-order chi connectivity index (χ1) is 10.9. The van der Waals surface area contributed by atoms with E-state index in [1.165, 1.54) is 6.07 Å². The summed E-state index contributed by atoms with van der Waals surface area (Å²) in [6.07, 6.45) is -3.46. The third kappa shape index (κ3) is 3.82. The largest absolute Gasteiger partial charge is 0.417 e. The molecule has 0 N–H and O–H groups in total. The van der Waals surface area contributed by atoms with Crippen molar-refractivity contribution in [1.82, 2.24) is 15.0 Å². The van der Waals surface area contributed by atoms with Crippen LogP contribution in [0.5, 0.6) is 0 Å². The second-order valence-corrected chi connectivity index (χ2v) is 5.60.